The van der Waals surface area contributed by atoms with Crippen molar-refractivity contribution in [1.82, 2.24) is 5.32 Å². The van der Waals surface area contributed by atoms with Gasteiger partial charge in [-0.3, -0.25) is 13.8 Å². The maximum absolute atomic E-state index is 13.0. The van der Waals surface area contributed by atoms with Crippen LogP contribution in [0.1, 0.15) is 290 Å². The molecule has 3 unspecified atom stereocenters. The number of carbonyl (C=O) groups is 1. The molecule has 0 spiro atoms. The van der Waals surface area contributed by atoms with E-state index in [0.29, 0.717) is 17.4 Å². The number of rotatable bonds is 59. The molecule has 3 atom stereocenters. The first kappa shape index (κ1) is 74.7. The number of nitrogens with zero attached hydrogens (tertiary/aromatic N) is 1. The van der Waals surface area contributed by atoms with Crippen LogP contribution in [0.5, 0.6) is 0 Å². The van der Waals surface area contributed by atoms with Gasteiger partial charge < -0.3 is 19.8 Å². The van der Waals surface area contributed by atoms with Crippen molar-refractivity contribution in [2.24, 2.45) is 0 Å². The summed E-state index contributed by atoms with van der Waals surface area (Å²) in [6.45, 7) is 4.70. The van der Waals surface area contributed by atoms with Gasteiger partial charge in [-0.25, -0.2) is 4.57 Å². The molecule has 0 aliphatic rings. The number of phosphoric ester groups is 1. The Bertz CT molecular complexity index is 1530. The number of unbranched alkanes of at least 4 members (excludes halogenated alkanes) is 34. The minimum atomic E-state index is -4.37. The van der Waals surface area contributed by atoms with Crippen LogP contribution < -0.4 is 5.32 Å². The minimum Gasteiger partial charge on any atom is -0.387 e. The first-order chi connectivity index (χ1) is 37.5. The number of amides is 1. The molecule has 3 N–H and O–H groups in total. The zero-order valence-electron chi connectivity index (χ0n) is 51.2. The van der Waals surface area contributed by atoms with Crippen LogP contribution in [-0.4, -0.2) is 73.4 Å². The van der Waals surface area contributed by atoms with E-state index in [1.54, 1.807) is 6.08 Å². The predicted molar refractivity (Wildman–Crippen MR) is 336 cm³/mol. The number of allylic oxidation sites excluding steroid dienone is 13. The number of hydrogen-bond donors (Lipinski definition) is 3. The fourth-order valence-electron chi connectivity index (χ4n) is 9.30. The predicted octanol–water partition coefficient (Wildman–Crippen LogP) is 20.4. The molecule has 0 aliphatic heterocycles. The van der Waals surface area contributed by atoms with Gasteiger partial charge in [0, 0.05) is 6.42 Å². The number of hydrogen-bond acceptors (Lipinski definition) is 5. The van der Waals surface area contributed by atoms with Crippen molar-refractivity contribution < 1.29 is 32.9 Å². The number of phosphoric acid groups is 1. The number of likely N-dealkylation sites (N-methyl/N-ethyl adjacent to an activating group) is 1. The summed E-state index contributed by atoms with van der Waals surface area (Å²) in [4.78, 5) is 23.4. The molecule has 77 heavy (non-hydrogen) atoms. The SMILES string of the molecule is CC/C=C\C/C=C\C/C=C\C/C=C\CCCCCCCCCCCCCCCCC(=O)NC(COP(=O)(O)OCC[N+](C)(C)C)C(O)/C=C/CC/C=C/CC/C=C/CCCCCCCCCCCCCCCCCCCC. The Morgan fingerprint density at radius 1 is 0.455 bits per heavy atom. The molecule has 9 heteroatoms. The highest BCUT2D eigenvalue weighted by molar-refractivity contribution is 7.47. The van der Waals surface area contributed by atoms with Crippen molar-refractivity contribution in [2.45, 2.75) is 302 Å². The lowest BCUT2D eigenvalue weighted by molar-refractivity contribution is -0.870. The Balaban J connectivity index is 4.20. The summed E-state index contributed by atoms with van der Waals surface area (Å²) < 4.78 is 23.8. The van der Waals surface area contributed by atoms with E-state index in [9.17, 15) is 19.4 Å². The van der Waals surface area contributed by atoms with Crippen molar-refractivity contribution in [3.05, 3.63) is 85.1 Å². The van der Waals surface area contributed by atoms with Crippen molar-refractivity contribution in [2.75, 3.05) is 40.9 Å². The lowest BCUT2D eigenvalue weighted by atomic mass is 10.0. The van der Waals surface area contributed by atoms with E-state index in [0.717, 1.165) is 70.6 Å². The standard InChI is InChI=1S/C68H125N2O6P/c1-6-8-10-12-14-16-18-20-22-24-26-28-30-32-34-36-37-39-41-43-45-47-49-51-53-55-57-59-61-67(71)66(65-76-77(73,74)75-64-63-70(3,4)5)69-68(72)62-60-58-56-54-52-50-48-46-44-42-40-38-35-33-31-29-27-25-23-21-19-17-15-13-11-9-7-2/h9,11,15,17,21,23,27,29,43,45,51,53,59,61,66-67,71H,6-8,10,12-14,16,18-20,22,24-26,28,30-42,44,46-50,52,54-58,60,62-65H2,1-5H3,(H-,69,72,73,74)/p+1/b11-9-,17-15-,23-21-,29-27-,45-43+,53-51+,61-59+. The number of quaternary nitrogens is 1. The van der Waals surface area contributed by atoms with Crippen LogP contribution in [0.15, 0.2) is 85.1 Å². The molecule has 0 saturated carbocycles. The molecular formula is C68H126N2O6P+. The number of nitrogens with one attached hydrogen (secondary N) is 1. The Hall–Kier alpha value is -2.32. The molecule has 0 aliphatic carbocycles. The molecule has 1 amide bonds. The van der Waals surface area contributed by atoms with E-state index < -0.39 is 20.0 Å². The van der Waals surface area contributed by atoms with Crippen LogP contribution in [-0.2, 0) is 18.4 Å². The van der Waals surface area contributed by atoms with Gasteiger partial charge in [0.2, 0.25) is 5.91 Å². The Labute approximate surface area is 477 Å². The number of aliphatic hydroxyl groups is 1. The van der Waals surface area contributed by atoms with E-state index in [1.807, 2.05) is 27.2 Å². The summed E-state index contributed by atoms with van der Waals surface area (Å²) in [5, 5.41) is 14.0. The molecule has 0 aromatic carbocycles. The van der Waals surface area contributed by atoms with E-state index in [4.69, 9.17) is 9.05 Å². The smallest absolute Gasteiger partial charge is 0.387 e. The zero-order valence-corrected chi connectivity index (χ0v) is 52.1. The second-order valence-electron chi connectivity index (χ2n) is 23.1. The van der Waals surface area contributed by atoms with Gasteiger partial charge in [0.15, 0.2) is 0 Å². The maximum Gasteiger partial charge on any atom is 0.472 e. The largest absolute Gasteiger partial charge is 0.472 e. The number of carbonyl (C=O) groups excluding carboxylic acids is 1. The molecule has 0 radical (unpaired) electrons. The van der Waals surface area contributed by atoms with Gasteiger partial charge in [0.05, 0.1) is 39.9 Å². The molecule has 0 aromatic rings. The fourth-order valence-corrected chi connectivity index (χ4v) is 10.0. The minimum absolute atomic E-state index is 0.0508. The lowest BCUT2D eigenvalue weighted by Crippen LogP contribution is -2.45. The van der Waals surface area contributed by atoms with Crippen LogP contribution in [0.2, 0.25) is 0 Å². The topological polar surface area (TPSA) is 105 Å². The molecule has 0 fully saturated rings. The van der Waals surface area contributed by atoms with Gasteiger partial charge in [-0.15, -0.1) is 0 Å². The normalized spacial score (nSPS) is 14.3. The lowest BCUT2D eigenvalue weighted by Gasteiger charge is -2.25. The van der Waals surface area contributed by atoms with E-state index in [2.05, 4.69) is 92.1 Å². The Morgan fingerprint density at radius 3 is 1.19 bits per heavy atom. The second-order valence-corrected chi connectivity index (χ2v) is 24.5. The van der Waals surface area contributed by atoms with Gasteiger partial charge in [-0.05, 0) is 83.5 Å². The summed E-state index contributed by atoms with van der Waals surface area (Å²) in [6, 6.07) is -0.876. The van der Waals surface area contributed by atoms with Crippen molar-refractivity contribution >= 4 is 13.7 Å². The molecular weight excluding hydrogens is 972 g/mol. The molecule has 8 nitrogen and oxygen atoms in total. The molecule has 0 rings (SSSR count). The summed E-state index contributed by atoms with van der Waals surface area (Å²) in [5.41, 5.74) is 0. The quantitative estimate of drug-likeness (QED) is 0.0243. The Kier molecular flexibility index (Phi) is 56.6. The molecule has 0 heterocycles. The average molecular weight is 1100 g/mol. The van der Waals surface area contributed by atoms with Gasteiger partial charge in [-0.1, -0.05) is 285 Å². The first-order valence-electron chi connectivity index (χ1n) is 32.5. The molecule has 0 bridgehead atoms. The molecule has 448 valence electrons. The number of aliphatic hydroxyl groups excluding tert-OH is 1. The highest BCUT2D eigenvalue weighted by Gasteiger charge is 2.27. The van der Waals surface area contributed by atoms with Crippen LogP contribution in [0.4, 0.5) is 0 Å². The zero-order chi connectivity index (χ0) is 56.3. The monoisotopic (exact) mass is 1100 g/mol. The van der Waals surface area contributed by atoms with Gasteiger partial charge >= 0.3 is 7.82 Å². The Morgan fingerprint density at radius 2 is 0.792 bits per heavy atom. The molecule has 0 aromatic heterocycles. The van der Waals surface area contributed by atoms with Crippen LogP contribution in [0.25, 0.3) is 0 Å². The molecule has 0 saturated heterocycles. The highest BCUT2D eigenvalue weighted by Crippen LogP contribution is 2.43. The van der Waals surface area contributed by atoms with Crippen molar-refractivity contribution in [1.29, 1.82) is 0 Å². The van der Waals surface area contributed by atoms with Crippen molar-refractivity contribution in [3.8, 4) is 0 Å². The van der Waals surface area contributed by atoms with Crippen molar-refractivity contribution in [3.63, 3.8) is 0 Å². The van der Waals surface area contributed by atoms with E-state index in [1.165, 1.54) is 199 Å². The first-order valence-corrected chi connectivity index (χ1v) is 34.0. The van der Waals surface area contributed by atoms with E-state index in [-0.39, 0.29) is 19.1 Å². The van der Waals surface area contributed by atoms with E-state index >= 15 is 0 Å². The van der Waals surface area contributed by atoms with Gasteiger partial charge in [0.25, 0.3) is 0 Å². The summed E-state index contributed by atoms with van der Waals surface area (Å²) in [7, 11) is 1.54. The summed E-state index contributed by atoms with van der Waals surface area (Å²) in [6.07, 6.45) is 82.9. The fraction of sp³-hybridized carbons (Fsp3) is 0.779. The van der Waals surface area contributed by atoms with Gasteiger partial charge in [-0.2, -0.15) is 0 Å². The third kappa shape index (κ3) is 61.2. The average Bonchev–Trinajstić information content (AvgIpc) is 3.39. The van der Waals surface area contributed by atoms with Crippen LogP contribution in [0.3, 0.4) is 0 Å². The summed E-state index contributed by atoms with van der Waals surface area (Å²) >= 11 is 0. The van der Waals surface area contributed by atoms with Crippen LogP contribution in [0, 0.1) is 0 Å². The van der Waals surface area contributed by atoms with Crippen LogP contribution >= 0.6 is 7.82 Å². The maximum atomic E-state index is 13.0. The third-order valence-corrected chi connectivity index (χ3v) is 15.3. The second kappa shape index (κ2) is 58.3. The summed E-state index contributed by atoms with van der Waals surface area (Å²) in [5.74, 6) is -0.192. The highest BCUT2D eigenvalue weighted by atomic mass is 31.2. The van der Waals surface area contributed by atoms with Gasteiger partial charge in [0.1, 0.15) is 13.2 Å². The third-order valence-electron chi connectivity index (χ3n) is 14.3.